The molecule has 1 aromatic carbocycles. The van der Waals surface area contributed by atoms with Crippen LogP contribution in [0.25, 0.3) is 0 Å². The molecule has 0 aliphatic heterocycles. The van der Waals surface area contributed by atoms with Crippen LogP contribution in [0.3, 0.4) is 0 Å². The number of urea groups is 1. The average Bonchev–Trinajstić information content (AvgIpc) is 2.38. The summed E-state index contributed by atoms with van der Waals surface area (Å²) in [6.07, 6.45) is 0.0658. The first kappa shape index (κ1) is 16.5. The molecule has 8 heteroatoms. The highest BCUT2D eigenvalue weighted by molar-refractivity contribution is 9.09. The van der Waals surface area contributed by atoms with Gasteiger partial charge in [-0.25, -0.2) is 4.79 Å². The molecule has 0 aliphatic carbocycles. The number of hydrogen-bond acceptors (Lipinski definition) is 3. The van der Waals surface area contributed by atoms with Crippen LogP contribution in [0.5, 0.6) is 0 Å². The van der Waals surface area contributed by atoms with Gasteiger partial charge in [-0.3, -0.25) is 14.9 Å². The first-order valence-electron chi connectivity index (χ1n) is 5.68. The van der Waals surface area contributed by atoms with Crippen LogP contribution >= 0.6 is 27.5 Å². The van der Waals surface area contributed by atoms with Crippen molar-refractivity contribution in [1.82, 2.24) is 5.32 Å². The molecule has 0 bridgehead atoms. The van der Waals surface area contributed by atoms with Crippen molar-refractivity contribution in [1.29, 1.82) is 0 Å². The summed E-state index contributed by atoms with van der Waals surface area (Å²) in [7, 11) is 0. The fourth-order valence-electron chi connectivity index (χ4n) is 1.31. The third kappa shape index (κ3) is 6.03. The highest BCUT2D eigenvalue weighted by Gasteiger charge is 2.07. The van der Waals surface area contributed by atoms with Gasteiger partial charge in [0.1, 0.15) is 0 Å². The Bertz CT molecular complexity index is 510. The molecule has 0 aliphatic rings. The molecule has 0 atom stereocenters. The summed E-state index contributed by atoms with van der Waals surface area (Å²) in [6.45, 7) is 0. The summed E-state index contributed by atoms with van der Waals surface area (Å²) in [5.74, 6) is -0.516. The smallest absolute Gasteiger partial charge is 0.325 e. The van der Waals surface area contributed by atoms with E-state index in [0.29, 0.717) is 11.4 Å². The number of rotatable bonds is 5. The summed E-state index contributed by atoms with van der Waals surface area (Å²) in [5, 5.41) is 7.42. The minimum absolute atomic E-state index is 0.0658. The van der Waals surface area contributed by atoms with Crippen LogP contribution in [0, 0.1) is 0 Å². The van der Waals surface area contributed by atoms with Gasteiger partial charge in [-0.2, -0.15) is 0 Å². The molecule has 0 fully saturated rings. The van der Waals surface area contributed by atoms with Crippen molar-refractivity contribution in [3.63, 3.8) is 0 Å². The monoisotopic (exact) mass is 361 g/mol. The topological polar surface area (TPSA) is 87.3 Å². The SMILES string of the molecule is O=C(CCCl)NC(=O)Nc1cccc(NC(=O)CBr)c1. The predicted octanol–water partition coefficient (Wildman–Crippen LogP) is 2.30. The van der Waals surface area contributed by atoms with Gasteiger partial charge in [-0.05, 0) is 18.2 Å². The van der Waals surface area contributed by atoms with Gasteiger partial charge in [0.2, 0.25) is 11.8 Å². The number of imide groups is 1. The highest BCUT2D eigenvalue weighted by Crippen LogP contribution is 2.15. The highest BCUT2D eigenvalue weighted by atomic mass is 79.9. The van der Waals surface area contributed by atoms with Gasteiger partial charge in [-0.15, -0.1) is 11.6 Å². The molecule has 1 aromatic rings. The maximum absolute atomic E-state index is 11.5. The molecular formula is C12H13BrClN3O3. The van der Waals surface area contributed by atoms with Crippen LogP contribution in [-0.4, -0.2) is 29.1 Å². The second-order valence-corrected chi connectivity index (χ2v) is 4.64. The number of hydrogen-bond donors (Lipinski definition) is 3. The van der Waals surface area contributed by atoms with Gasteiger partial charge in [0, 0.05) is 23.7 Å². The van der Waals surface area contributed by atoms with Gasteiger partial charge >= 0.3 is 6.03 Å². The van der Waals surface area contributed by atoms with Crippen LogP contribution in [0.2, 0.25) is 0 Å². The molecule has 4 amide bonds. The van der Waals surface area contributed by atoms with Gasteiger partial charge in [-0.1, -0.05) is 22.0 Å². The van der Waals surface area contributed by atoms with Gasteiger partial charge in [0.25, 0.3) is 0 Å². The molecule has 6 nitrogen and oxygen atoms in total. The van der Waals surface area contributed by atoms with Crippen molar-refractivity contribution in [3.05, 3.63) is 24.3 Å². The molecule has 0 heterocycles. The molecule has 0 saturated heterocycles. The molecule has 1 rings (SSSR count). The first-order valence-corrected chi connectivity index (χ1v) is 7.33. The van der Waals surface area contributed by atoms with Crippen molar-refractivity contribution in [2.24, 2.45) is 0 Å². The van der Waals surface area contributed by atoms with Crippen molar-refractivity contribution >= 4 is 56.8 Å². The number of carbonyl (C=O) groups is 3. The van der Waals surface area contributed by atoms with Crippen LogP contribution in [0.1, 0.15) is 6.42 Å². The molecule has 108 valence electrons. The number of alkyl halides is 2. The summed E-state index contributed by atoms with van der Waals surface area (Å²) < 4.78 is 0. The molecule has 0 spiro atoms. The van der Waals surface area contributed by atoms with E-state index in [4.69, 9.17) is 11.6 Å². The molecule has 20 heavy (non-hydrogen) atoms. The Morgan fingerprint density at radius 2 is 1.75 bits per heavy atom. The quantitative estimate of drug-likeness (QED) is 0.702. The molecule has 0 radical (unpaired) electrons. The number of nitrogens with one attached hydrogen (secondary N) is 3. The van der Waals surface area contributed by atoms with E-state index in [9.17, 15) is 14.4 Å². The Morgan fingerprint density at radius 3 is 2.35 bits per heavy atom. The van der Waals surface area contributed by atoms with Gasteiger partial charge < -0.3 is 10.6 Å². The second-order valence-electron chi connectivity index (χ2n) is 3.70. The minimum atomic E-state index is -0.649. The maximum Gasteiger partial charge on any atom is 0.325 e. The zero-order valence-corrected chi connectivity index (χ0v) is 12.8. The number of amides is 4. The van der Waals surface area contributed by atoms with E-state index in [1.807, 2.05) is 0 Å². The van der Waals surface area contributed by atoms with Crippen molar-refractivity contribution in [3.8, 4) is 0 Å². The van der Waals surface area contributed by atoms with Crippen LogP contribution in [0.4, 0.5) is 16.2 Å². The number of benzene rings is 1. The molecule has 3 N–H and O–H groups in total. The third-order valence-electron chi connectivity index (χ3n) is 2.10. The molecule has 0 unspecified atom stereocenters. The molecule has 0 aromatic heterocycles. The lowest BCUT2D eigenvalue weighted by atomic mass is 10.2. The lowest BCUT2D eigenvalue weighted by Gasteiger charge is -2.08. The second kappa shape index (κ2) is 8.55. The fourth-order valence-corrected chi connectivity index (χ4v) is 1.62. The summed E-state index contributed by atoms with van der Waals surface area (Å²) >= 11 is 8.42. The Hall–Kier alpha value is -1.60. The Kier molecular flexibility index (Phi) is 7.03. The zero-order valence-electron chi connectivity index (χ0n) is 10.4. The molecule has 0 saturated carbocycles. The van der Waals surface area contributed by atoms with Gasteiger partial charge in [0.05, 0.1) is 5.33 Å². The van der Waals surface area contributed by atoms with E-state index in [-0.39, 0.29) is 23.5 Å². The standard InChI is InChI=1S/C12H13BrClN3O3/c13-7-11(19)15-8-2-1-3-9(6-8)16-12(20)17-10(18)4-5-14/h1-3,6H,4-5,7H2,(H,15,19)(H2,16,17,18,20). The third-order valence-corrected chi connectivity index (χ3v) is 2.80. The largest absolute Gasteiger partial charge is 0.325 e. The first-order chi connectivity index (χ1) is 9.55. The lowest BCUT2D eigenvalue weighted by Crippen LogP contribution is -2.34. The van der Waals surface area contributed by atoms with E-state index in [1.165, 1.54) is 0 Å². The summed E-state index contributed by atoms with van der Waals surface area (Å²) in [5.41, 5.74) is 0.993. The van der Waals surface area contributed by atoms with E-state index >= 15 is 0 Å². The number of carbonyl (C=O) groups excluding carboxylic acids is 3. The summed E-state index contributed by atoms with van der Waals surface area (Å²) in [4.78, 5) is 33.9. The van der Waals surface area contributed by atoms with Crippen LogP contribution in [-0.2, 0) is 9.59 Å². The Labute approximate surface area is 129 Å². The van der Waals surface area contributed by atoms with Crippen LogP contribution < -0.4 is 16.0 Å². The summed E-state index contributed by atoms with van der Waals surface area (Å²) in [6, 6.07) is 5.91. The van der Waals surface area contributed by atoms with Crippen molar-refractivity contribution < 1.29 is 14.4 Å². The van der Waals surface area contributed by atoms with Crippen LogP contribution in [0.15, 0.2) is 24.3 Å². The van der Waals surface area contributed by atoms with Crippen molar-refractivity contribution in [2.75, 3.05) is 21.8 Å². The van der Waals surface area contributed by atoms with Crippen molar-refractivity contribution in [2.45, 2.75) is 6.42 Å². The average molecular weight is 363 g/mol. The maximum atomic E-state index is 11.5. The zero-order chi connectivity index (χ0) is 15.0. The van der Waals surface area contributed by atoms with Gasteiger partial charge in [0.15, 0.2) is 0 Å². The molecular weight excluding hydrogens is 350 g/mol. The Morgan fingerprint density at radius 1 is 1.10 bits per heavy atom. The fraction of sp³-hybridized carbons (Fsp3) is 0.250. The Balaban J connectivity index is 2.59. The normalized spacial score (nSPS) is 9.70. The number of halogens is 2. The predicted molar refractivity (Wildman–Crippen MR) is 81.4 cm³/mol. The number of anilines is 2. The van der Waals surface area contributed by atoms with E-state index in [1.54, 1.807) is 24.3 Å². The van der Waals surface area contributed by atoms with E-state index in [2.05, 4.69) is 31.9 Å². The lowest BCUT2D eigenvalue weighted by molar-refractivity contribution is -0.119. The van der Waals surface area contributed by atoms with E-state index in [0.717, 1.165) is 0 Å². The minimum Gasteiger partial charge on any atom is -0.325 e. The van der Waals surface area contributed by atoms with E-state index < -0.39 is 11.9 Å².